The summed E-state index contributed by atoms with van der Waals surface area (Å²) in [6.07, 6.45) is 1.84. The lowest BCUT2D eigenvalue weighted by Gasteiger charge is -2.39. The van der Waals surface area contributed by atoms with Crippen molar-refractivity contribution in [3.63, 3.8) is 0 Å². The molecule has 4 rings (SSSR count). The number of piperidine rings is 1. The lowest BCUT2D eigenvalue weighted by molar-refractivity contribution is -0.141. The van der Waals surface area contributed by atoms with E-state index >= 15 is 0 Å². The van der Waals surface area contributed by atoms with E-state index in [2.05, 4.69) is 15.1 Å². The first-order valence-corrected chi connectivity index (χ1v) is 10.8. The first-order valence-electron chi connectivity index (χ1n) is 10.4. The summed E-state index contributed by atoms with van der Waals surface area (Å²) in [5, 5.41) is 9.47. The Balaban J connectivity index is 1.38. The number of piperazine rings is 1. The van der Waals surface area contributed by atoms with Gasteiger partial charge in [-0.1, -0.05) is 23.7 Å². The highest BCUT2D eigenvalue weighted by Crippen LogP contribution is 2.25. The van der Waals surface area contributed by atoms with Crippen LogP contribution < -0.4 is 4.90 Å². The molecule has 0 aliphatic carbocycles. The average Bonchev–Trinajstić information content (AvgIpc) is 2.79. The molecule has 0 spiro atoms. The quantitative estimate of drug-likeness (QED) is 0.753. The number of carbonyl (C=O) groups excluding carboxylic acids is 2. The second-order valence-corrected chi connectivity index (χ2v) is 8.34. The number of hydrogen-bond acceptors (Lipinski definition) is 5. The molecule has 2 saturated heterocycles. The van der Waals surface area contributed by atoms with E-state index in [1.807, 2.05) is 41.3 Å². The highest BCUT2D eigenvalue weighted by Gasteiger charge is 2.32. The van der Waals surface area contributed by atoms with Crippen molar-refractivity contribution in [1.29, 1.82) is 0 Å². The lowest BCUT2D eigenvalue weighted by atomic mass is 9.96. The Bertz CT molecular complexity index is 895. The van der Waals surface area contributed by atoms with Gasteiger partial charge in [0.25, 0.3) is 0 Å². The minimum absolute atomic E-state index is 0.0413. The van der Waals surface area contributed by atoms with Gasteiger partial charge >= 0.3 is 0 Å². The number of halogens is 1. The SMILES string of the molecule is CC(=O)N1CCN(C(=O)C2CCCN(c3ccc(-c4ccc(Cl)cc4)nn3)C2)CC1. The lowest BCUT2D eigenvalue weighted by Crippen LogP contribution is -2.53. The van der Waals surface area contributed by atoms with Crippen molar-refractivity contribution >= 4 is 29.2 Å². The smallest absolute Gasteiger partial charge is 0.227 e. The van der Waals surface area contributed by atoms with Crippen LogP contribution in [0.15, 0.2) is 36.4 Å². The molecule has 1 aromatic heterocycles. The van der Waals surface area contributed by atoms with Crippen LogP contribution in [0.4, 0.5) is 5.82 Å². The normalized spacial score (nSPS) is 19.7. The Kier molecular flexibility index (Phi) is 6.18. The van der Waals surface area contributed by atoms with Crippen molar-refractivity contribution in [2.45, 2.75) is 19.8 Å². The summed E-state index contributed by atoms with van der Waals surface area (Å²) in [6, 6.07) is 11.4. The van der Waals surface area contributed by atoms with Crippen molar-refractivity contribution in [2.24, 2.45) is 5.92 Å². The molecule has 0 radical (unpaired) electrons. The number of rotatable bonds is 3. The second-order valence-electron chi connectivity index (χ2n) is 7.90. The van der Waals surface area contributed by atoms with Crippen molar-refractivity contribution < 1.29 is 9.59 Å². The third-order valence-corrected chi connectivity index (χ3v) is 6.17. The monoisotopic (exact) mass is 427 g/mol. The van der Waals surface area contributed by atoms with Gasteiger partial charge in [-0.2, -0.15) is 0 Å². The number of benzene rings is 1. The first kappa shape index (κ1) is 20.6. The summed E-state index contributed by atoms with van der Waals surface area (Å²) in [7, 11) is 0. The van der Waals surface area contributed by atoms with Crippen LogP contribution in [0.3, 0.4) is 0 Å². The molecule has 8 heteroatoms. The molecule has 0 bridgehead atoms. The standard InChI is InChI=1S/C22H26ClN5O2/c1-16(29)26-11-13-27(14-12-26)22(30)18-3-2-10-28(15-18)21-9-8-20(24-25-21)17-4-6-19(23)7-5-17/h4-9,18H,2-3,10-15H2,1H3. The predicted molar refractivity (Wildman–Crippen MR) is 116 cm³/mol. The Morgan fingerprint density at radius 2 is 1.63 bits per heavy atom. The number of anilines is 1. The van der Waals surface area contributed by atoms with Gasteiger partial charge in [-0.05, 0) is 37.1 Å². The van der Waals surface area contributed by atoms with Crippen LogP contribution >= 0.6 is 11.6 Å². The molecule has 1 unspecified atom stereocenters. The van der Waals surface area contributed by atoms with Crippen molar-refractivity contribution in [2.75, 3.05) is 44.2 Å². The van der Waals surface area contributed by atoms with Gasteiger partial charge < -0.3 is 14.7 Å². The predicted octanol–water partition coefficient (Wildman–Crippen LogP) is 2.70. The fourth-order valence-corrected chi connectivity index (χ4v) is 4.28. The number of carbonyl (C=O) groups is 2. The van der Waals surface area contributed by atoms with Crippen molar-refractivity contribution in [1.82, 2.24) is 20.0 Å². The maximum atomic E-state index is 13.0. The summed E-state index contributed by atoms with van der Waals surface area (Å²) in [5.41, 5.74) is 1.76. The van der Waals surface area contributed by atoms with Crippen molar-refractivity contribution in [3.8, 4) is 11.3 Å². The van der Waals surface area contributed by atoms with Crippen LogP contribution in [0.2, 0.25) is 5.02 Å². The Labute approximate surface area is 181 Å². The van der Waals surface area contributed by atoms with E-state index in [-0.39, 0.29) is 17.7 Å². The molecule has 2 amide bonds. The minimum atomic E-state index is -0.0413. The number of nitrogens with zero attached hydrogens (tertiary/aromatic N) is 5. The zero-order valence-corrected chi connectivity index (χ0v) is 17.9. The fraction of sp³-hybridized carbons (Fsp3) is 0.455. The number of amides is 2. The summed E-state index contributed by atoms with van der Waals surface area (Å²) in [6.45, 7) is 5.58. The van der Waals surface area contributed by atoms with E-state index in [0.717, 1.165) is 36.5 Å². The van der Waals surface area contributed by atoms with E-state index in [9.17, 15) is 9.59 Å². The molecule has 158 valence electrons. The maximum absolute atomic E-state index is 13.0. The molecule has 1 aromatic carbocycles. The molecular formula is C22H26ClN5O2. The van der Waals surface area contributed by atoms with E-state index in [4.69, 9.17) is 11.6 Å². The third-order valence-electron chi connectivity index (χ3n) is 5.92. The van der Waals surface area contributed by atoms with Gasteiger partial charge in [0.2, 0.25) is 11.8 Å². The number of aromatic nitrogens is 2. The second kappa shape index (κ2) is 9.00. The molecule has 2 fully saturated rings. The van der Waals surface area contributed by atoms with Gasteiger partial charge in [-0.3, -0.25) is 9.59 Å². The van der Waals surface area contributed by atoms with E-state index in [1.54, 1.807) is 11.8 Å². The van der Waals surface area contributed by atoms with Crippen LogP contribution in [-0.2, 0) is 9.59 Å². The highest BCUT2D eigenvalue weighted by molar-refractivity contribution is 6.30. The molecular weight excluding hydrogens is 402 g/mol. The Hall–Kier alpha value is -2.67. The van der Waals surface area contributed by atoms with Gasteiger partial charge in [0.1, 0.15) is 0 Å². The zero-order chi connectivity index (χ0) is 21.1. The molecule has 0 N–H and O–H groups in total. The zero-order valence-electron chi connectivity index (χ0n) is 17.1. The van der Waals surface area contributed by atoms with Crippen LogP contribution in [0, 0.1) is 5.92 Å². The van der Waals surface area contributed by atoms with Crippen molar-refractivity contribution in [3.05, 3.63) is 41.4 Å². The molecule has 2 aromatic rings. The molecule has 3 heterocycles. The largest absolute Gasteiger partial charge is 0.354 e. The van der Waals surface area contributed by atoms with Gasteiger partial charge in [-0.15, -0.1) is 10.2 Å². The van der Waals surface area contributed by atoms with Gasteiger partial charge in [0.15, 0.2) is 5.82 Å². The summed E-state index contributed by atoms with van der Waals surface area (Å²) >= 11 is 5.95. The minimum Gasteiger partial charge on any atom is -0.354 e. The van der Waals surface area contributed by atoms with Crippen LogP contribution in [-0.4, -0.2) is 71.1 Å². The number of hydrogen-bond donors (Lipinski definition) is 0. The van der Waals surface area contributed by atoms with E-state index in [0.29, 0.717) is 37.7 Å². The Morgan fingerprint density at radius 1 is 0.933 bits per heavy atom. The van der Waals surface area contributed by atoms with Gasteiger partial charge in [0.05, 0.1) is 11.6 Å². The molecule has 0 saturated carbocycles. The fourth-order valence-electron chi connectivity index (χ4n) is 4.16. The Morgan fingerprint density at radius 3 is 2.27 bits per heavy atom. The summed E-state index contributed by atoms with van der Waals surface area (Å²) < 4.78 is 0. The van der Waals surface area contributed by atoms with E-state index in [1.165, 1.54) is 0 Å². The van der Waals surface area contributed by atoms with Crippen LogP contribution in [0.5, 0.6) is 0 Å². The van der Waals surface area contributed by atoms with Crippen LogP contribution in [0.25, 0.3) is 11.3 Å². The third kappa shape index (κ3) is 4.56. The molecule has 2 aliphatic heterocycles. The molecule has 2 aliphatic rings. The average molecular weight is 428 g/mol. The molecule has 30 heavy (non-hydrogen) atoms. The first-order chi connectivity index (χ1) is 14.5. The van der Waals surface area contributed by atoms with Crippen LogP contribution in [0.1, 0.15) is 19.8 Å². The molecule has 7 nitrogen and oxygen atoms in total. The van der Waals surface area contributed by atoms with E-state index < -0.39 is 0 Å². The van der Waals surface area contributed by atoms with Gasteiger partial charge in [0, 0.05) is 56.8 Å². The maximum Gasteiger partial charge on any atom is 0.227 e. The topological polar surface area (TPSA) is 69.6 Å². The van der Waals surface area contributed by atoms with Gasteiger partial charge in [-0.25, -0.2) is 0 Å². The summed E-state index contributed by atoms with van der Waals surface area (Å²) in [4.78, 5) is 30.4. The summed E-state index contributed by atoms with van der Waals surface area (Å²) in [5.74, 6) is 1.02. The molecule has 1 atom stereocenters. The highest BCUT2D eigenvalue weighted by atomic mass is 35.5.